The molecule has 3 nitrogen and oxygen atoms in total. The van der Waals surface area contributed by atoms with E-state index in [4.69, 9.17) is 11.6 Å². The lowest BCUT2D eigenvalue weighted by Gasteiger charge is -2.07. The molecular weight excluding hydrogens is 204 g/mol. The Morgan fingerprint density at radius 2 is 1.93 bits per heavy atom. The van der Waals surface area contributed by atoms with Crippen molar-refractivity contribution in [1.82, 2.24) is 0 Å². The molecule has 74 valence electrons. The van der Waals surface area contributed by atoms with Crippen LogP contribution in [0.1, 0.15) is 33.2 Å². The van der Waals surface area contributed by atoms with E-state index in [9.17, 15) is 14.7 Å². The molecule has 0 heterocycles. The molecule has 0 saturated heterocycles. The molecule has 0 fully saturated rings. The van der Waals surface area contributed by atoms with Gasteiger partial charge in [-0.1, -0.05) is 6.07 Å². The van der Waals surface area contributed by atoms with Crippen LogP contribution in [0, 0.1) is 6.92 Å². The summed E-state index contributed by atoms with van der Waals surface area (Å²) in [6.45, 7) is 3.00. The van der Waals surface area contributed by atoms with Crippen LogP contribution in [0.3, 0.4) is 0 Å². The first-order chi connectivity index (χ1) is 6.45. The lowest BCUT2D eigenvalue weighted by molar-refractivity contribution is 0.101. The van der Waals surface area contributed by atoms with Gasteiger partial charge in [-0.25, -0.2) is 0 Å². The number of benzene rings is 1. The molecule has 0 radical (unpaired) electrons. The van der Waals surface area contributed by atoms with E-state index in [0.29, 0.717) is 5.56 Å². The smallest absolute Gasteiger partial charge is 0.256 e. The SMILES string of the molecule is CC(=O)c1c(C)ccc(C(=O)Cl)c1O. The molecule has 0 aliphatic heterocycles. The summed E-state index contributed by atoms with van der Waals surface area (Å²) in [5.74, 6) is -0.628. The summed E-state index contributed by atoms with van der Waals surface area (Å²) in [6, 6.07) is 2.97. The molecule has 0 aliphatic rings. The highest BCUT2D eigenvalue weighted by Gasteiger charge is 2.17. The molecule has 14 heavy (non-hydrogen) atoms. The number of phenolic OH excluding ortho intramolecular Hbond substituents is 1. The highest BCUT2D eigenvalue weighted by Crippen LogP contribution is 2.27. The molecule has 0 atom stereocenters. The van der Waals surface area contributed by atoms with Crippen molar-refractivity contribution in [3.8, 4) is 5.75 Å². The largest absolute Gasteiger partial charge is 0.506 e. The maximum atomic E-state index is 11.1. The standard InChI is InChI=1S/C10H9ClO3/c1-5-3-4-7(10(11)14)9(13)8(5)6(2)12/h3-4,13H,1-2H3. The fraction of sp³-hybridized carbons (Fsp3) is 0.200. The molecule has 0 spiro atoms. The molecule has 1 N–H and O–H groups in total. The molecule has 1 aromatic carbocycles. The summed E-state index contributed by atoms with van der Waals surface area (Å²) >= 11 is 5.23. The quantitative estimate of drug-likeness (QED) is 0.605. The summed E-state index contributed by atoms with van der Waals surface area (Å²) in [7, 11) is 0. The summed E-state index contributed by atoms with van der Waals surface area (Å²) < 4.78 is 0. The van der Waals surface area contributed by atoms with E-state index >= 15 is 0 Å². The number of aromatic hydroxyl groups is 1. The van der Waals surface area contributed by atoms with Gasteiger partial charge in [-0.15, -0.1) is 0 Å². The van der Waals surface area contributed by atoms with E-state index in [1.165, 1.54) is 13.0 Å². The second-order valence-electron chi connectivity index (χ2n) is 2.98. The third-order valence-electron chi connectivity index (χ3n) is 1.95. The number of hydrogen-bond donors (Lipinski definition) is 1. The number of rotatable bonds is 2. The number of Topliss-reactive ketones (excluding diaryl/α,β-unsaturated/α-hetero) is 1. The molecule has 0 amide bonds. The van der Waals surface area contributed by atoms with Crippen LogP contribution >= 0.6 is 11.6 Å². The van der Waals surface area contributed by atoms with Crippen molar-refractivity contribution < 1.29 is 14.7 Å². The molecule has 0 aliphatic carbocycles. The Bertz CT molecular complexity index is 410. The van der Waals surface area contributed by atoms with Gasteiger partial charge in [-0.05, 0) is 37.1 Å². The van der Waals surface area contributed by atoms with Gasteiger partial charge in [-0.2, -0.15) is 0 Å². The van der Waals surface area contributed by atoms with E-state index in [1.807, 2.05) is 0 Å². The number of ketones is 1. The van der Waals surface area contributed by atoms with Crippen molar-refractivity contribution in [2.45, 2.75) is 13.8 Å². The number of aryl methyl sites for hydroxylation is 1. The van der Waals surface area contributed by atoms with Crippen LogP contribution in [-0.4, -0.2) is 16.1 Å². The first-order valence-electron chi connectivity index (χ1n) is 3.98. The summed E-state index contributed by atoms with van der Waals surface area (Å²) in [4.78, 5) is 22.0. The number of carbonyl (C=O) groups excluding carboxylic acids is 2. The Labute approximate surface area is 86.3 Å². The van der Waals surface area contributed by atoms with Gasteiger partial charge in [0, 0.05) is 0 Å². The zero-order chi connectivity index (χ0) is 10.9. The summed E-state index contributed by atoms with van der Waals surface area (Å²) in [6.07, 6.45) is 0. The van der Waals surface area contributed by atoms with Crippen molar-refractivity contribution in [3.05, 3.63) is 28.8 Å². The maximum Gasteiger partial charge on any atom is 0.256 e. The lowest BCUT2D eigenvalue weighted by atomic mass is 10.0. The Balaban J connectivity index is 3.49. The molecule has 0 aromatic heterocycles. The van der Waals surface area contributed by atoms with Crippen LogP contribution in [-0.2, 0) is 0 Å². The third-order valence-corrected chi connectivity index (χ3v) is 2.15. The number of hydrogen-bond acceptors (Lipinski definition) is 3. The minimum Gasteiger partial charge on any atom is -0.506 e. The van der Waals surface area contributed by atoms with Crippen molar-refractivity contribution in [2.75, 3.05) is 0 Å². The third kappa shape index (κ3) is 1.77. The molecule has 0 bridgehead atoms. The summed E-state index contributed by atoms with van der Waals surface area (Å²) in [5.41, 5.74) is 0.732. The Morgan fingerprint density at radius 3 is 2.36 bits per heavy atom. The highest BCUT2D eigenvalue weighted by molar-refractivity contribution is 6.68. The fourth-order valence-corrected chi connectivity index (χ4v) is 1.45. The van der Waals surface area contributed by atoms with Gasteiger partial charge in [0.2, 0.25) is 0 Å². The maximum absolute atomic E-state index is 11.1. The van der Waals surface area contributed by atoms with E-state index in [0.717, 1.165) is 0 Å². The van der Waals surface area contributed by atoms with E-state index in [-0.39, 0.29) is 22.7 Å². The zero-order valence-electron chi connectivity index (χ0n) is 7.80. The summed E-state index contributed by atoms with van der Waals surface area (Å²) in [5, 5.41) is 8.81. The lowest BCUT2D eigenvalue weighted by Crippen LogP contribution is -2.01. The van der Waals surface area contributed by atoms with Gasteiger partial charge in [0.05, 0.1) is 11.1 Å². The van der Waals surface area contributed by atoms with E-state index < -0.39 is 5.24 Å². The van der Waals surface area contributed by atoms with Gasteiger partial charge >= 0.3 is 0 Å². The predicted molar refractivity (Wildman–Crippen MR) is 53.0 cm³/mol. The van der Waals surface area contributed by atoms with Crippen molar-refractivity contribution >= 4 is 22.6 Å². The van der Waals surface area contributed by atoms with Crippen molar-refractivity contribution in [3.63, 3.8) is 0 Å². The van der Waals surface area contributed by atoms with Crippen LogP contribution < -0.4 is 0 Å². The first-order valence-corrected chi connectivity index (χ1v) is 4.36. The normalized spacial score (nSPS) is 9.93. The predicted octanol–water partition coefficient (Wildman–Crippen LogP) is 2.28. The Morgan fingerprint density at radius 1 is 1.36 bits per heavy atom. The monoisotopic (exact) mass is 212 g/mol. The minimum absolute atomic E-state index is 0.0394. The average Bonchev–Trinajstić information content (AvgIpc) is 2.02. The van der Waals surface area contributed by atoms with Crippen molar-refractivity contribution in [1.29, 1.82) is 0 Å². The molecule has 4 heteroatoms. The van der Waals surface area contributed by atoms with Gasteiger partial charge in [0.15, 0.2) is 5.78 Å². The van der Waals surface area contributed by atoms with Crippen LogP contribution in [0.15, 0.2) is 12.1 Å². The van der Waals surface area contributed by atoms with Gasteiger partial charge in [-0.3, -0.25) is 9.59 Å². The van der Waals surface area contributed by atoms with E-state index in [1.54, 1.807) is 13.0 Å². The molecule has 1 aromatic rings. The molecule has 1 rings (SSSR count). The Kier molecular flexibility index (Phi) is 2.91. The zero-order valence-corrected chi connectivity index (χ0v) is 8.55. The van der Waals surface area contributed by atoms with Crippen LogP contribution in [0.25, 0.3) is 0 Å². The number of carbonyl (C=O) groups is 2. The topological polar surface area (TPSA) is 54.4 Å². The average molecular weight is 213 g/mol. The Hall–Kier alpha value is -1.35. The van der Waals surface area contributed by atoms with Crippen LogP contribution in [0.5, 0.6) is 5.75 Å². The van der Waals surface area contributed by atoms with Crippen LogP contribution in [0.4, 0.5) is 0 Å². The van der Waals surface area contributed by atoms with Crippen LogP contribution in [0.2, 0.25) is 0 Å². The highest BCUT2D eigenvalue weighted by atomic mass is 35.5. The number of phenols is 1. The molecule has 0 unspecified atom stereocenters. The van der Waals surface area contributed by atoms with Gasteiger partial charge in [0.25, 0.3) is 5.24 Å². The van der Waals surface area contributed by atoms with Gasteiger partial charge < -0.3 is 5.11 Å². The minimum atomic E-state index is -0.773. The molecule has 0 saturated carbocycles. The van der Waals surface area contributed by atoms with Crippen molar-refractivity contribution in [2.24, 2.45) is 0 Å². The number of halogens is 1. The van der Waals surface area contributed by atoms with E-state index in [2.05, 4.69) is 0 Å². The second kappa shape index (κ2) is 3.80. The second-order valence-corrected chi connectivity index (χ2v) is 3.33. The fourth-order valence-electron chi connectivity index (χ4n) is 1.30. The first kappa shape index (κ1) is 10.7. The van der Waals surface area contributed by atoms with Gasteiger partial charge in [0.1, 0.15) is 5.75 Å². The molecular formula is C10H9ClO3.